The molecule has 2 rings (SSSR count). The van der Waals surface area contributed by atoms with Crippen molar-refractivity contribution in [2.24, 2.45) is 0 Å². The maximum absolute atomic E-state index is 13.4. The molecule has 21 heavy (non-hydrogen) atoms. The normalized spacial score (nSPS) is 10.9. The van der Waals surface area contributed by atoms with Crippen LogP contribution in [0.2, 0.25) is 0 Å². The van der Waals surface area contributed by atoms with Crippen molar-refractivity contribution in [1.29, 1.82) is 5.26 Å². The molecule has 0 radical (unpaired) electrons. The van der Waals surface area contributed by atoms with Gasteiger partial charge in [0.25, 0.3) is 10.0 Å². The van der Waals surface area contributed by atoms with E-state index in [2.05, 4.69) is 0 Å². The average molecular weight is 304 g/mol. The Morgan fingerprint density at radius 2 is 1.86 bits per heavy atom. The fourth-order valence-corrected chi connectivity index (χ4v) is 3.54. The molecular formula is C15H13FN2O2S. The first-order chi connectivity index (χ1) is 9.96. The van der Waals surface area contributed by atoms with Crippen molar-refractivity contribution in [3.63, 3.8) is 0 Å². The second-order valence-electron chi connectivity index (χ2n) is 4.42. The first-order valence-electron chi connectivity index (χ1n) is 6.17. The van der Waals surface area contributed by atoms with Crippen LogP contribution >= 0.6 is 0 Å². The molecule has 0 aromatic heterocycles. The molecule has 4 nitrogen and oxygen atoms in total. The zero-order valence-corrected chi connectivity index (χ0v) is 12.1. The van der Waals surface area contributed by atoms with E-state index >= 15 is 0 Å². The van der Waals surface area contributed by atoms with E-state index in [1.165, 1.54) is 12.1 Å². The molecule has 0 spiro atoms. The Balaban J connectivity index is 2.59. The molecule has 0 saturated heterocycles. The molecule has 0 atom stereocenters. The number of aryl methyl sites for hydroxylation is 1. The number of sulfonamides is 1. The van der Waals surface area contributed by atoms with Crippen LogP contribution in [0.1, 0.15) is 5.56 Å². The lowest BCUT2D eigenvalue weighted by Gasteiger charge is -2.22. The number of anilines is 1. The highest BCUT2D eigenvalue weighted by atomic mass is 32.2. The number of benzene rings is 2. The topological polar surface area (TPSA) is 61.2 Å². The van der Waals surface area contributed by atoms with Crippen molar-refractivity contribution < 1.29 is 12.8 Å². The molecule has 0 heterocycles. The molecule has 2 aromatic carbocycles. The van der Waals surface area contributed by atoms with Gasteiger partial charge in [-0.05, 0) is 36.8 Å². The number of nitriles is 1. The summed E-state index contributed by atoms with van der Waals surface area (Å²) >= 11 is 0. The van der Waals surface area contributed by atoms with E-state index in [0.717, 1.165) is 10.4 Å². The molecule has 0 N–H and O–H groups in total. The summed E-state index contributed by atoms with van der Waals surface area (Å²) < 4.78 is 39.8. The molecule has 0 saturated carbocycles. The molecular weight excluding hydrogens is 291 g/mol. The first-order valence-corrected chi connectivity index (χ1v) is 7.61. The lowest BCUT2D eigenvalue weighted by atomic mass is 10.2. The monoisotopic (exact) mass is 304 g/mol. The van der Waals surface area contributed by atoms with Gasteiger partial charge in [0, 0.05) is 0 Å². The summed E-state index contributed by atoms with van der Waals surface area (Å²) in [6, 6.07) is 13.7. The third kappa shape index (κ3) is 3.03. The highest BCUT2D eigenvalue weighted by Gasteiger charge is 2.26. The molecule has 0 fully saturated rings. The van der Waals surface area contributed by atoms with Crippen molar-refractivity contribution in [3.05, 3.63) is 59.9 Å². The van der Waals surface area contributed by atoms with Crippen LogP contribution in [0, 0.1) is 24.1 Å². The Morgan fingerprint density at radius 1 is 1.19 bits per heavy atom. The summed E-state index contributed by atoms with van der Waals surface area (Å²) in [5.74, 6) is -0.635. The maximum Gasteiger partial charge on any atom is 0.265 e. The van der Waals surface area contributed by atoms with Crippen LogP contribution in [0.4, 0.5) is 10.1 Å². The fraction of sp³-hybridized carbons (Fsp3) is 0.133. The number of hydrogen-bond donors (Lipinski definition) is 0. The van der Waals surface area contributed by atoms with Crippen LogP contribution in [-0.2, 0) is 10.0 Å². The highest BCUT2D eigenvalue weighted by Crippen LogP contribution is 2.25. The number of hydrogen-bond acceptors (Lipinski definition) is 3. The summed E-state index contributed by atoms with van der Waals surface area (Å²) in [7, 11) is -4.00. The Kier molecular flexibility index (Phi) is 4.24. The van der Waals surface area contributed by atoms with E-state index in [-0.39, 0.29) is 11.4 Å². The standard InChI is InChI=1S/C15H13FN2O2S/c1-12-7-8-13(16)11-15(12)21(19,20)18(10-9-17)14-5-3-2-4-6-14/h2-8,11H,10H2,1H3. The SMILES string of the molecule is Cc1ccc(F)cc1S(=O)(=O)N(CC#N)c1ccccc1. The summed E-state index contributed by atoms with van der Waals surface area (Å²) in [4.78, 5) is -0.137. The zero-order valence-electron chi connectivity index (χ0n) is 11.3. The molecule has 0 aliphatic heterocycles. The van der Waals surface area contributed by atoms with Gasteiger partial charge < -0.3 is 0 Å². The second kappa shape index (κ2) is 5.94. The third-order valence-corrected chi connectivity index (χ3v) is 4.89. The predicted octanol–water partition coefficient (Wildman–Crippen LogP) is 2.85. The van der Waals surface area contributed by atoms with Crippen molar-refractivity contribution in [2.75, 3.05) is 10.8 Å². The van der Waals surface area contributed by atoms with Crippen LogP contribution in [0.3, 0.4) is 0 Å². The van der Waals surface area contributed by atoms with Gasteiger partial charge in [0.1, 0.15) is 12.4 Å². The molecule has 0 aliphatic rings. The predicted molar refractivity (Wildman–Crippen MR) is 77.7 cm³/mol. The smallest absolute Gasteiger partial charge is 0.252 e. The van der Waals surface area contributed by atoms with Crippen molar-refractivity contribution in [1.82, 2.24) is 0 Å². The van der Waals surface area contributed by atoms with Gasteiger partial charge in [-0.1, -0.05) is 24.3 Å². The molecule has 0 bridgehead atoms. The minimum Gasteiger partial charge on any atom is -0.252 e. The summed E-state index contributed by atoms with van der Waals surface area (Å²) in [6.45, 7) is 1.24. The molecule has 0 aliphatic carbocycles. The van der Waals surface area contributed by atoms with Crippen molar-refractivity contribution in [3.8, 4) is 6.07 Å². The number of halogens is 1. The Hall–Kier alpha value is -2.39. The molecule has 0 unspecified atom stereocenters. The molecule has 2 aromatic rings. The highest BCUT2D eigenvalue weighted by molar-refractivity contribution is 7.92. The summed E-state index contributed by atoms with van der Waals surface area (Å²) in [5.41, 5.74) is 0.790. The number of para-hydroxylation sites is 1. The second-order valence-corrected chi connectivity index (χ2v) is 6.25. The average Bonchev–Trinajstić information content (AvgIpc) is 2.48. The zero-order chi connectivity index (χ0) is 15.5. The van der Waals surface area contributed by atoms with Gasteiger partial charge >= 0.3 is 0 Å². The minimum atomic E-state index is -4.00. The van der Waals surface area contributed by atoms with Crippen molar-refractivity contribution >= 4 is 15.7 Å². The molecule has 108 valence electrons. The van der Waals surface area contributed by atoms with Gasteiger partial charge in [-0.3, -0.25) is 4.31 Å². The van der Waals surface area contributed by atoms with Crippen LogP contribution in [-0.4, -0.2) is 15.0 Å². The van der Waals surface area contributed by atoms with E-state index in [4.69, 9.17) is 5.26 Å². The minimum absolute atomic E-state index is 0.137. The fourth-order valence-electron chi connectivity index (χ4n) is 1.94. The largest absolute Gasteiger partial charge is 0.265 e. The van der Waals surface area contributed by atoms with E-state index in [1.807, 2.05) is 6.07 Å². The lowest BCUT2D eigenvalue weighted by Crippen LogP contribution is -2.32. The Morgan fingerprint density at radius 3 is 2.48 bits per heavy atom. The van der Waals surface area contributed by atoms with E-state index in [9.17, 15) is 12.8 Å². The van der Waals surface area contributed by atoms with E-state index in [1.54, 1.807) is 37.3 Å². The van der Waals surface area contributed by atoms with Gasteiger partial charge in [-0.25, -0.2) is 12.8 Å². The summed E-state index contributed by atoms with van der Waals surface area (Å²) in [6.07, 6.45) is 0. The van der Waals surface area contributed by atoms with Crippen LogP contribution in [0.25, 0.3) is 0 Å². The Labute approximate surface area is 123 Å². The van der Waals surface area contributed by atoms with Crippen LogP contribution in [0.15, 0.2) is 53.4 Å². The number of rotatable bonds is 4. The van der Waals surface area contributed by atoms with E-state index < -0.39 is 15.8 Å². The quantitative estimate of drug-likeness (QED) is 0.816. The molecule has 0 amide bonds. The maximum atomic E-state index is 13.4. The Bertz CT molecular complexity index is 783. The van der Waals surface area contributed by atoms with Gasteiger partial charge in [-0.2, -0.15) is 5.26 Å². The van der Waals surface area contributed by atoms with Crippen LogP contribution in [0.5, 0.6) is 0 Å². The van der Waals surface area contributed by atoms with Crippen LogP contribution < -0.4 is 4.31 Å². The molecule has 6 heteroatoms. The van der Waals surface area contributed by atoms with E-state index in [0.29, 0.717) is 11.3 Å². The van der Waals surface area contributed by atoms with Gasteiger partial charge in [0.05, 0.1) is 16.7 Å². The van der Waals surface area contributed by atoms with Gasteiger partial charge in [-0.15, -0.1) is 0 Å². The third-order valence-electron chi connectivity index (χ3n) is 2.98. The van der Waals surface area contributed by atoms with Gasteiger partial charge in [0.2, 0.25) is 0 Å². The van der Waals surface area contributed by atoms with Crippen molar-refractivity contribution in [2.45, 2.75) is 11.8 Å². The summed E-state index contributed by atoms with van der Waals surface area (Å²) in [5, 5.41) is 8.90. The first kappa shape index (κ1) is 15.0. The van der Waals surface area contributed by atoms with Gasteiger partial charge in [0.15, 0.2) is 0 Å². The lowest BCUT2D eigenvalue weighted by molar-refractivity contribution is 0.587. The number of nitrogens with zero attached hydrogens (tertiary/aromatic N) is 2.